The maximum Gasteiger partial charge on any atom is 2.00 e. The minimum Gasteiger partial charge on any atom is -1.00 e. The summed E-state index contributed by atoms with van der Waals surface area (Å²) in [5.74, 6) is -3.11. The van der Waals surface area contributed by atoms with Crippen molar-refractivity contribution in [1.29, 1.82) is 0 Å². The van der Waals surface area contributed by atoms with Gasteiger partial charge in [0.2, 0.25) is 0 Å². The molecule has 0 bridgehead atoms. The summed E-state index contributed by atoms with van der Waals surface area (Å²) in [6.07, 6.45) is 1.40. The van der Waals surface area contributed by atoms with Gasteiger partial charge >= 0.3 is 60.8 Å². The van der Waals surface area contributed by atoms with Crippen LogP contribution in [-0.4, -0.2) is 88.3 Å². The molecule has 3 N–H and O–H groups in total. The molecular formula is C10H12BaO6. The first-order chi connectivity index (χ1) is 7.41. The van der Waals surface area contributed by atoms with Crippen molar-refractivity contribution >= 4 is 60.8 Å². The van der Waals surface area contributed by atoms with Crippen LogP contribution in [0, 0.1) is 0 Å². The quantitative estimate of drug-likeness (QED) is 0.361. The zero-order valence-corrected chi connectivity index (χ0v) is 13.3. The molecule has 0 aromatic carbocycles. The Kier molecular flexibility index (Phi) is 6.83. The van der Waals surface area contributed by atoms with Crippen molar-refractivity contribution < 1.29 is 32.5 Å². The van der Waals surface area contributed by atoms with Crippen LogP contribution in [0.2, 0.25) is 0 Å². The molecule has 17 heavy (non-hydrogen) atoms. The van der Waals surface area contributed by atoms with Gasteiger partial charge in [-0.1, -0.05) is 6.08 Å². The average Bonchev–Trinajstić information content (AvgIpc) is 2.20. The van der Waals surface area contributed by atoms with Crippen molar-refractivity contribution in [2.75, 3.05) is 0 Å². The summed E-state index contributed by atoms with van der Waals surface area (Å²) < 4.78 is 4.81. The predicted octanol–water partition coefficient (Wildman–Crippen LogP) is -0.244. The van der Waals surface area contributed by atoms with E-state index < -0.39 is 29.9 Å². The minimum atomic E-state index is -1.37. The maximum absolute atomic E-state index is 10.6. The van der Waals surface area contributed by atoms with E-state index in [2.05, 4.69) is 6.58 Å². The molecule has 6 nitrogen and oxygen atoms in total. The van der Waals surface area contributed by atoms with Gasteiger partial charge in [0.15, 0.2) is 5.76 Å². The second-order valence-electron chi connectivity index (χ2n) is 3.09. The van der Waals surface area contributed by atoms with E-state index >= 15 is 0 Å². The Morgan fingerprint density at radius 3 is 2.47 bits per heavy atom. The van der Waals surface area contributed by atoms with Gasteiger partial charge in [-0.2, -0.15) is 0 Å². The normalized spacial score (nSPS) is 22.1. The number of hydrogen-bond donors (Lipinski definition) is 3. The van der Waals surface area contributed by atoms with Gasteiger partial charge in [0.25, 0.3) is 0 Å². The summed E-state index contributed by atoms with van der Waals surface area (Å²) in [6.45, 7) is 3.12. The van der Waals surface area contributed by atoms with Gasteiger partial charge in [-0.25, -0.2) is 9.59 Å². The summed E-state index contributed by atoms with van der Waals surface area (Å²) in [7, 11) is 0. The molecular weight excluding hydrogens is 353 g/mol. The second kappa shape index (κ2) is 7.04. The molecule has 0 unspecified atom stereocenters. The van der Waals surface area contributed by atoms with Gasteiger partial charge in [0.05, 0.1) is 5.57 Å². The van der Waals surface area contributed by atoms with Crippen LogP contribution >= 0.6 is 0 Å². The zero-order chi connectivity index (χ0) is 12.3. The largest absolute Gasteiger partial charge is 2.00 e. The molecule has 7 heteroatoms. The molecule has 0 aliphatic heterocycles. The molecule has 0 fully saturated rings. The molecule has 0 saturated heterocycles. The average molecular weight is 366 g/mol. The number of rotatable bonds is 4. The number of carboxylic acid groups (broad SMARTS) is 2. The third-order valence-electron chi connectivity index (χ3n) is 1.92. The van der Waals surface area contributed by atoms with Crippen LogP contribution in [0.4, 0.5) is 0 Å². The van der Waals surface area contributed by atoms with Gasteiger partial charge in [-0.3, -0.25) is 0 Å². The first-order valence-corrected chi connectivity index (χ1v) is 4.32. The van der Waals surface area contributed by atoms with Crippen LogP contribution in [0.3, 0.4) is 0 Å². The van der Waals surface area contributed by atoms with Crippen LogP contribution in [0.15, 0.2) is 36.1 Å². The summed E-state index contributed by atoms with van der Waals surface area (Å²) in [6, 6.07) is 0. The predicted molar refractivity (Wildman–Crippen MR) is 60.5 cm³/mol. The maximum atomic E-state index is 10.6. The Hall–Kier alpha value is -0.509. The van der Waals surface area contributed by atoms with E-state index in [9.17, 15) is 14.7 Å². The first-order valence-electron chi connectivity index (χ1n) is 4.32. The van der Waals surface area contributed by atoms with Crippen molar-refractivity contribution in [2.24, 2.45) is 0 Å². The molecule has 0 aromatic rings. The number of carboxylic acids is 2. The van der Waals surface area contributed by atoms with Crippen LogP contribution in [0.5, 0.6) is 0 Å². The third kappa shape index (κ3) is 4.70. The monoisotopic (exact) mass is 366 g/mol. The zero-order valence-electron chi connectivity index (χ0n) is 10.9. The van der Waals surface area contributed by atoms with Gasteiger partial charge in [0.1, 0.15) is 12.2 Å². The van der Waals surface area contributed by atoms with E-state index in [-0.39, 0.29) is 57.3 Å². The van der Waals surface area contributed by atoms with Crippen LogP contribution in [-0.2, 0) is 14.3 Å². The molecule has 0 saturated carbocycles. The summed E-state index contributed by atoms with van der Waals surface area (Å²) >= 11 is 0. The van der Waals surface area contributed by atoms with Crippen molar-refractivity contribution in [3.8, 4) is 0 Å². The molecule has 2 atom stereocenters. The van der Waals surface area contributed by atoms with E-state index in [0.29, 0.717) is 0 Å². The fourth-order valence-corrected chi connectivity index (χ4v) is 1.10. The van der Waals surface area contributed by atoms with E-state index in [0.717, 1.165) is 6.08 Å². The standard InChI is InChI=1S/C10H10O6.Ba.2H/c1-5(9(12)13)16-8-4-6(10(14)15)2-3-7(8)11;;;/h2-4,7-8,11H,1H2,(H,12,13)(H,14,15);;;/q;+2;2*-1/t7-,8-;;;/m1.../s1. The van der Waals surface area contributed by atoms with Crippen molar-refractivity contribution in [1.82, 2.24) is 0 Å². The molecule has 0 radical (unpaired) electrons. The molecule has 90 valence electrons. The molecule has 0 heterocycles. The molecule has 1 aliphatic carbocycles. The van der Waals surface area contributed by atoms with Gasteiger partial charge < -0.3 is 22.9 Å². The number of aliphatic hydroxyl groups is 1. The number of hydrogen-bond acceptors (Lipinski definition) is 4. The molecule has 1 rings (SSSR count). The number of ether oxygens (including phenoxy) is 1. The van der Waals surface area contributed by atoms with E-state index in [1.165, 1.54) is 12.2 Å². The number of carbonyl (C=O) groups is 2. The molecule has 0 amide bonds. The van der Waals surface area contributed by atoms with Crippen LogP contribution < -0.4 is 0 Å². The first kappa shape index (κ1) is 16.5. The topological polar surface area (TPSA) is 104 Å². The van der Waals surface area contributed by atoms with Crippen molar-refractivity contribution in [3.63, 3.8) is 0 Å². The van der Waals surface area contributed by atoms with Gasteiger partial charge in [-0.15, -0.1) is 0 Å². The van der Waals surface area contributed by atoms with Gasteiger partial charge in [-0.05, 0) is 18.7 Å². The van der Waals surface area contributed by atoms with Gasteiger partial charge in [0, 0.05) is 0 Å². The second-order valence-corrected chi connectivity index (χ2v) is 3.09. The fraction of sp³-hybridized carbons (Fsp3) is 0.200. The minimum absolute atomic E-state index is 0. The molecule has 1 aliphatic rings. The van der Waals surface area contributed by atoms with Crippen LogP contribution in [0.1, 0.15) is 2.85 Å². The Morgan fingerprint density at radius 1 is 1.41 bits per heavy atom. The Labute approximate surface area is 140 Å². The Bertz CT molecular complexity index is 407. The summed E-state index contributed by atoms with van der Waals surface area (Å²) in [4.78, 5) is 21.1. The van der Waals surface area contributed by atoms with E-state index in [1.54, 1.807) is 0 Å². The number of aliphatic hydroxyl groups excluding tert-OH is 1. The molecule has 0 spiro atoms. The number of aliphatic carboxylic acids is 2. The van der Waals surface area contributed by atoms with E-state index in [4.69, 9.17) is 14.9 Å². The van der Waals surface area contributed by atoms with Crippen molar-refractivity contribution in [3.05, 3.63) is 36.1 Å². The van der Waals surface area contributed by atoms with E-state index in [1.807, 2.05) is 0 Å². The Morgan fingerprint density at radius 2 is 2.00 bits per heavy atom. The SMILES string of the molecule is C=C(O[C@@H]1C=C(C(=O)O)C=C[C@H]1O)C(=O)O.[Ba+2].[H-].[H-]. The Balaban J connectivity index is -0.000000853. The molecule has 0 aromatic heterocycles. The summed E-state index contributed by atoms with van der Waals surface area (Å²) in [5.41, 5.74) is -0.0755. The van der Waals surface area contributed by atoms with Crippen molar-refractivity contribution in [2.45, 2.75) is 12.2 Å². The summed E-state index contributed by atoms with van der Waals surface area (Å²) in [5, 5.41) is 26.6. The third-order valence-corrected chi connectivity index (χ3v) is 1.92. The smallest absolute Gasteiger partial charge is 1.00 e. The fourth-order valence-electron chi connectivity index (χ4n) is 1.10. The van der Waals surface area contributed by atoms with Crippen LogP contribution in [0.25, 0.3) is 0 Å².